The summed E-state index contributed by atoms with van der Waals surface area (Å²) >= 11 is 6.00. The first-order chi connectivity index (χ1) is 11.8. The first-order valence-corrected chi connectivity index (χ1v) is 7.82. The Bertz CT molecular complexity index is 996. The van der Waals surface area contributed by atoms with Crippen molar-refractivity contribution < 1.29 is 18.3 Å². The molecule has 2 aromatic carbocycles. The van der Waals surface area contributed by atoms with Gasteiger partial charge in [-0.25, -0.2) is 0 Å². The van der Waals surface area contributed by atoms with Gasteiger partial charge in [-0.1, -0.05) is 23.7 Å². The number of aromatic amines is 1. The van der Waals surface area contributed by atoms with Crippen LogP contribution in [0.3, 0.4) is 0 Å². The summed E-state index contributed by atoms with van der Waals surface area (Å²) in [4.78, 5) is 14.9. The summed E-state index contributed by atoms with van der Waals surface area (Å²) in [5.41, 5.74) is 0.112. The van der Waals surface area contributed by atoms with Crippen molar-refractivity contribution in [3.63, 3.8) is 0 Å². The molecule has 130 valence electrons. The third-order valence-electron chi connectivity index (χ3n) is 3.92. The van der Waals surface area contributed by atoms with Crippen molar-refractivity contribution in [1.82, 2.24) is 4.98 Å². The minimum atomic E-state index is -4.51. The van der Waals surface area contributed by atoms with E-state index in [-0.39, 0.29) is 29.5 Å². The average molecular weight is 368 g/mol. The lowest BCUT2D eigenvalue weighted by Gasteiger charge is -2.15. The predicted molar refractivity (Wildman–Crippen MR) is 90.8 cm³/mol. The van der Waals surface area contributed by atoms with Crippen LogP contribution in [0.25, 0.3) is 22.0 Å². The topological polar surface area (TPSA) is 53.1 Å². The number of alkyl halides is 3. The lowest BCUT2D eigenvalue weighted by molar-refractivity contribution is -0.137. The average Bonchev–Trinajstić information content (AvgIpc) is 2.54. The lowest BCUT2D eigenvalue weighted by atomic mass is 9.94. The number of halogens is 4. The first-order valence-electron chi connectivity index (χ1n) is 7.44. The van der Waals surface area contributed by atoms with E-state index in [1.165, 1.54) is 6.07 Å². The molecule has 0 radical (unpaired) electrons. The second-order valence-electron chi connectivity index (χ2n) is 5.55. The van der Waals surface area contributed by atoms with E-state index < -0.39 is 17.3 Å². The number of rotatable bonds is 3. The largest absolute Gasteiger partial charge is 0.416 e. The fourth-order valence-corrected chi connectivity index (χ4v) is 3.02. The molecule has 0 spiro atoms. The number of benzene rings is 2. The van der Waals surface area contributed by atoms with E-state index in [0.717, 1.165) is 12.1 Å². The number of hydrogen-bond donors (Lipinski definition) is 2. The zero-order chi connectivity index (χ0) is 18.2. The summed E-state index contributed by atoms with van der Waals surface area (Å²) in [6, 6.07) is 9.69. The van der Waals surface area contributed by atoms with Gasteiger partial charge >= 0.3 is 6.18 Å². The number of aliphatic hydroxyl groups excluding tert-OH is 1. The smallest absolute Gasteiger partial charge is 0.396 e. The Kier molecular flexibility index (Phi) is 4.58. The molecule has 3 nitrogen and oxygen atoms in total. The molecule has 3 aromatic rings. The molecule has 0 bridgehead atoms. The summed E-state index contributed by atoms with van der Waals surface area (Å²) in [7, 11) is 0. The number of nitrogens with one attached hydrogen (secondary N) is 1. The molecular weight excluding hydrogens is 355 g/mol. The molecule has 25 heavy (non-hydrogen) atoms. The number of fused-ring (bicyclic) bond motifs is 1. The molecule has 3 rings (SSSR count). The van der Waals surface area contributed by atoms with Gasteiger partial charge in [0.25, 0.3) is 5.56 Å². The first kappa shape index (κ1) is 17.5. The highest BCUT2D eigenvalue weighted by atomic mass is 35.5. The van der Waals surface area contributed by atoms with Crippen LogP contribution in [0.15, 0.2) is 47.3 Å². The van der Waals surface area contributed by atoms with Crippen LogP contribution in [0.1, 0.15) is 11.1 Å². The quantitative estimate of drug-likeness (QED) is 0.720. The molecule has 0 atom stereocenters. The van der Waals surface area contributed by atoms with Gasteiger partial charge in [-0.15, -0.1) is 0 Å². The van der Waals surface area contributed by atoms with Gasteiger partial charge in [0.1, 0.15) is 0 Å². The zero-order valence-electron chi connectivity index (χ0n) is 12.8. The van der Waals surface area contributed by atoms with E-state index in [1.807, 2.05) is 0 Å². The molecular formula is C18H13ClF3NO2. The lowest BCUT2D eigenvalue weighted by Crippen LogP contribution is -2.16. The Labute approximate surface area is 145 Å². The van der Waals surface area contributed by atoms with Crippen LogP contribution in [0.4, 0.5) is 13.2 Å². The van der Waals surface area contributed by atoms with Crippen molar-refractivity contribution in [2.45, 2.75) is 12.6 Å². The number of aliphatic hydroxyl groups is 1. The van der Waals surface area contributed by atoms with E-state index in [1.54, 1.807) is 24.3 Å². The zero-order valence-corrected chi connectivity index (χ0v) is 13.6. The van der Waals surface area contributed by atoms with Crippen LogP contribution in [0, 0.1) is 0 Å². The van der Waals surface area contributed by atoms with Gasteiger partial charge < -0.3 is 10.1 Å². The van der Waals surface area contributed by atoms with E-state index in [4.69, 9.17) is 11.6 Å². The van der Waals surface area contributed by atoms with E-state index >= 15 is 0 Å². The monoisotopic (exact) mass is 367 g/mol. The van der Waals surface area contributed by atoms with Gasteiger partial charge in [0.2, 0.25) is 0 Å². The molecule has 0 saturated heterocycles. The highest BCUT2D eigenvalue weighted by molar-refractivity contribution is 6.30. The molecule has 0 amide bonds. The molecule has 0 fully saturated rings. The van der Waals surface area contributed by atoms with E-state index in [2.05, 4.69) is 4.98 Å². The molecule has 1 heterocycles. The third-order valence-corrected chi connectivity index (χ3v) is 4.15. The summed E-state index contributed by atoms with van der Waals surface area (Å²) in [6.45, 7) is -0.304. The Balaban J connectivity index is 2.43. The summed E-state index contributed by atoms with van der Waals surface area (Å²) in [5, 5.41) is 9.91. The SMILES string of the molecule is O=c1[nH]c2ccc(C(F)(F)F)cc2c(-c2cccc(Cl)c2)c1CCO. The Morgan fingerprint density at radius 2 is 1.88 bits per heavy atom. The molecule has 0 aliphatic heterocycles. The van der Waals surface area contributed by atoms with Crippen LogP contribution in [-0.4, -0.2) is 16.7 Å². The van der Waals surface area contributed by atoms with Gasteiger partial charge in [-0.3, -0.25) is 4.79 Å². The normalized spacial score (nSPS) is 11.9. The molecule has 0 aliphatic carbocycles. The minimum absolute atomic E-state index is 0.0172. The van der Waals surface area contributed by atoms with Crippen molar-refractivity contribution in [3.05, 3.63) is 69.0 Å². The maximum atomic E-state index is 13.1. The van der Waals surface area contributed by atoms with E-state index in [9.17, 15) is 23.1 Å². The van der Waals surface area contributed by atoms with Gasteiger partial charge in [0.05, 0.1) is 5.56 Å². The van der Waals surface area contributed by atoms with Gasteiger partial charge in [-0.2, -0.15) is 13.2 Å². The van der Waals surface area contributed by atoms with Crippen LogP contribution < -0.4 is 5.56 Å². The van der Waals surface area contributed by atoms with Crippen LogP contribution >= 0.6 is 11.6 Å². The van der Waals surface area contributed by atoms with E-state index in [0.29, 0.717) is 16.1 Å². The predicted octanol–water partition coefficient (Wildman–Crippen LogP) is 4.40. The molecule has 0 saturated carbocycles. The number of hydrogen-bond acceptors (Lipinski definition) is 2. The van der Waals surface area contributed by atoms with Gasteiger partial charge in [0.15, 0.2) is 0 Å². The molecule has 0 unspecified atom stereocenters. The van der Waals surface area contributed by atoms with Crippen LogP contribution in [-0.2, 0) is 12.6 Å². The number of pyridine rings is 1. The Morgan fingerprint density at radius 3 is 2.52 bits per heavy atom. The summed E-state index contributed by atoms with van der Waals surface area (Å²) in [5.74, 6) is 0. The number of aromatic nitrogens is 1. The van der Waals surface area contributed by atoms with Crippen molar-refractivity contribution in [3.8, 4) is 11.1 Å². The second-order valence-corrected chi connectivity index (χ2v) is 5.99. The van der Waals surface area contributed by atoms with Crippen molar-refractivity contribution in [1.29, 1.82) is 0 Å². The van der Waals surface area contributed by atoms with Crippen molar-refractivity contribution in [2.75, 3.05) is 6.61 Å². The highest BCUT2D eigenvalue weighted by Crippen LogP contribution is 2.36. The molecule has 7 heteroatoms. The molecule has 2 N–H and O–H groups in total. The minimum Gasteiger partial charge on any atom is -0.396 e. The second kappa shape index (κ2) is 6.54. The fraction of sp³-hybridized carbons (Fsp3) is 0.167. The molecule has 0 aliphatic rings. The van der Waals surface area contributed by atoms with Gasteiger partial charge in [-0.05, 0) is 41.5 Å². The van der Waals surface area contributed by atoms with Gasteiger partial charge in [0, 0.05) is 34.5 Å². The standard InChI is InChI=1S/C18H13ClF3NO2/c19-12-3-1-2-10(8-12)16-13(6-7-24)17(25)23-15-5-4-11(9-14(15)16)18(20,21)22/h1-5,8-9,24H,6-7H2,(H,23,25). The molecule has 1 aromatic heterocycles. The highest BCUT2D eigenvalue weighted by Gasteiger charge is 2.31. The maximum Gasteiger partial charge on any atom is 0.416 e. The number of H-pyrrole nitrogens is 1. The van der Waals surface area contributed by atoms with Crippen molar-refractivity contribution in [2.24, 2.45) is 0 Å². The Morgan fingerprint density at radius 1 is 1.12 bits per heavy atom. The third kappa shape index (κ3) is 3.41. The maximum absolute atomic E-state index is 13.1. The fourth-order valence-electron chi connectivity index (χ4n) is 2.83. The van der Waals surface area contributed by atoms with Crippen LogP contribution in [0.2, 0.25) is 5.02 Å². The van der Waals surface area contributed by atoms with Crippen molar-refractivity contribution >= 4 is 22.5 Å². The summed E-state index contributed by atoms with van der Waals surface area (Å²) < 4.78 is 39.3. The summed E-state index contributed by atoms with van der Waals surface area (Å²) in [6.07, 6.45) is -4.49. The van der Waals surface area contributed by atoms with Crippen LogP contribution in [0.5, 0.6) is 0 Å². The Hall–Kier alpha value is -2.31.